The van der Waals surface area contributed by atoms with Gasteiger partial charge in [-0.05, 0) is 25.0 Å². The van der Waals surface area contributed by atoms with Gasteiger partial charge in [0.2, 0.25) is 0 Å². The van der Waals surface area contributed by atoms with Gasteiger partial charge in [0.1, 0.15) is 5.82 Å². The largest absolute Gasteiger partial charge is 0.381 e. The summed E-state index contributed by atoms with van der Waals surface area (Å²) in [5, 5.41) is 0. The third-order valence-corrected chi connectivity index (χ3v) is 3.02. The number of hydrogen-bond acceptors (Lipinski definition) is 1. The molecular formula is C18H31FO. The van der Waals surface area contributed by atoms with E-state index >= 15 is 0 Å². The van der Waals surface area contributed by atoms with Crippen molar-refractivity contribution < 1.29 is 9.13 Å². The maximum atomic E-state index is 11.9. The summed E-state index contributed by atoms with van der Waals surface area (Å²) in [6.45, 7) is 6.44. The predicted octanol–water partition coefficient (Wildman–Crippen LogP) is 5.99. The van der Waals surface area contributed by atoms with E-state index < -0.39 is 0 Å². The zero-order valence-electron chi connectivity index (χ0n) is 13.2. The van der Waals surface area contributed by atoms with Gasteiger partial charge in [-0.2, -0.15) is 0 Å². The topological polar surface area (TPSA) is 9.23 Å². The van der Waals surface area contributed by atoms with E-state index in [9.17, 15) is 4.39 Å². The molecule has 0 spiro atoms. The maximum absolute atomic E-state index is 11.9. The van der Waals surface area contributed by atoms with Gasteiger partial charge in [-0.1, -0.05) is 70.6 Å². The lowest BCUT2D eigenvalue weighted by atomic mass is 10.2. The van der Waals surface area contributed by atoms with Crippen LogP contribution < -0.4 is 0 Å². The molecule has 116 valence electrons. The fraction of sp³-hybridized carbons (Fsp3) is 0.667. The minimum atomic E-state index is -0.178. The molecule has 0 bridgehead atoms. The third kappa shape index (κ3) is 15.2. The van der Waals surface area contributed by atoms with E-state index in [-0.39, 0.29) is 5.82 Å². The second-order valence-electron chi connectivity index (χ2n) is 5.03. The first-order valence-electron chi connectivity index (χ1n) is 8.09. The third-order valence-electron chi connectivity index (χ3n) is 3.02. The number of hydrogen-bond donors (Lipinski definition) is 0. The summed E-state index contributed by atoms with van der Waals surface area (Å²) in [6, 6.07) is 7.94. The van der Waals surface area contributed by atoms with Crippen LogP contribution in [0.3, 0.4) is 0 Å². The SMILES string of the molecule is CCCCCCOCCCCCC.Fc1ccccc1. The number of benzene rings is 1. The number of rotatable bonds is 10. The van der Waals surface area contributed by atoms with Crippen LogP contribution in [0.25, 0.3) is 0 Å². The number of halogens is 1. The van der Waals surface area contributed by atoms with Gasteiger partial charge in [-0.15, -0.1) is 0 Å². The molecule has 0 unspecified atom stereocenters. The van der Waals surface area contributed by atoms with Crippen molar-refractivity contribution in [2.24, 2.45) is 0 Å². The zero-order chi connectivity index (χ0) is 14.9. The van der Waals surface area contributed by atoms with Gasteiger partial charge in [0.05, 0.1) is 0 Å². The molecule has 0 aliphatic rings. The Balaban J connectivity index is 0.000000428. The van der Waals surface area contributed by atoms with Crippen molar-refractivity contribution >= 4 is 0 Å². The van der Waals surface area contributed by atoms with Crippen LogP contribution in [0.2, 0.25) is 0 Å². The van der Waals surface area contributed by atoms with Crippen molar-refractivity contribution in [1.29, 1.82) is 0 Å². The van der Waals surface area contributed by atoms with Gasteiger partial charge >= 0.3 is 0 Å². The molecule has 0 amide bonds. The van der Waals surface area contributed by atoms with Crippen molar-refractivity contribution in [3.63, 3.8) is 0 Å². The van der Waals surface area contributed by atoms with Gasteiger partial charge < -0.3 is 4.74 Å². The highest BCUT2D eigenvalue weighted by Crippen LogP contribution is 2.01. The molecule has 0 N–H and O–H groups in total. The van der Waals surface area contributed by atoms with Crippen molar-refractivity contribution in [3.8, 4) is 0 Å². The highest BCUT2D eigenvalue weighted by Gasteiger charge is 1.90. The smallest absolute Gasteiger partial charge is 0.123 e. The zero-order valence-corrected chi connectivity index (χ0v) is 13.2. The summed E-state index contributed by atoms with van der Waals surface area (Å²) >= 11 is 0. The van der Waals surface area contributed by atoms with Crippen LogP contribution in [0.15, 0.2) is 30.3 Å². The van der Waals surface area contributed by atoms with Crippen molar-refractivity contribution in [2.45, 2.75) is 65.2 Å². The Morgan fingerprint density at radius 1 is 0.750 bits per heavy atom. The Morgan fingerprint density at radius 3 is 1.60 bits per heavy atom. The van der Waals surface area contributed by atoms with Gasteiger partial charge in [0.25, 0.3) is 0 Å². The summed E-state index contributed by atoms with van der Waals surface area (Å²) < 4.78 is 17.4. The molecule has 1 aromatic carbocycles. The first kappa shape index (κ1) is 19.1. The van der Waals surface area contributed by atoms with E-state index in [2.05, 4.69) is 13.8 Å². The average molecular weight is 282 g/mol. The molecule has 1 nitrogen and oxygen atoms in total. The van der Waals surface area contributed by atoms with Crippen LogP contribution in [0.1, 0.15) is 65.2 Å². The fourth-order valence-electron chi connectivity index (χ4n) is 1.78. The van der Waals surface area contributed by atoms with E-state index in [1.165, 1.54) is 63.5 Å². The lowest BCUT2D eigenvalue weighted by Crippen LogP contribution is -1.96. The monoisotopic (exact) mass is 282 g/mol. The standard InChI is InChI=1S/C12H26O.C6H5F/c1-3-5-7-9-11-13-12-10-8-6-4-2;7-6-4-2-1-3-5-6/h3-12H2,1-2H3;1-5H. The van der Waals surface area contributed by atoms with Crippen LogP contribution in [-0.4, -0.2) is 13.2 Å². The highest BCUT2D eigenvalue weighted by atomic mass is 19.1. The molecule has 1 aromatic rings. The summed E-state index contributed by atoms with van der Waals surface area (Å²) in [5.41, 5.74) is 0. The van der Waals surface area contributed by atoms with E-state index in [4.69, 9.17) is 4.74 Å². The molecule has 2 heteroatoms. The Kier molecular flexibility index (Phi) is 15.4. The van der Waals surface area contributed by atoms with Crippen LogP contribution in [0.4, 0.5) is 4.39 Å². The second-order valence-corrected chi connectivity index (χ2v) is 5.03. The molecule has 0 saturated heterocycles. The summed E-state index contributed by atoms with van der Waals surface area (Å²) in [5.74, 6) is -0.178. The molecule has 0 aliphatic carbocycles. The van der Waals surface area contributed by atoms with Gasteiger partial charge in [0.15, 0.2) is 0 Å². The molecule has 0 heterocycles. The van der Waals surface area contributed by atoms with Gasteiger partial charge in [0, 0.05) is 13.2 Å². The van der Waals surface area contributed by atoms with Gasteiger partial charge in [-0.25, -0.2) is 4.39 Å². The van der Waals surface area contributed by atoms with E-state index in [0.717, 1.165) is 13.2 Å². The molecule has 20 heavy (non-hydrogen) atoms. The molecule has 0 aromatic heterocycles. The Labute approximate surface area is 124 Å². The molecule has 0 atom stereocenters. The highest BCUT2D eigenvalue weighted by molar-refractivity contribution is 5.02. The van der Waals surface area contributed by atoms with Crippen molar-refractivity contribution in [2.75, 3.05) is 13.2 Å². The Bertz CT molecular complexity index is 264. The summed E-state index contributed by atoms with van der Waals surface area (Å²) in [4.78, 5) is 0. The molecule has 0 saturated carbocycles. The lowest BCUT2D eigenvalue weighted by molar-refractivity contribution is 0.126. The second kappa shape index (κ2) is 16.2. The lowest BCUT2D eigenvalue weighted by Gasteiger charge is -2.03. The summed E-state index contributed by atoms with van der Waals surface area (Å²) in [6.07, 6.45) is 10.5. The molecule has 0 radical (unpaired) electrons. The average Bonchev–Trinajstić information content (AvgIpc) is 2.47. The van der Waals surface area contributed by atoms with Crippen LogP contribution in [0.5, 0.6) is 0 Å². The number of unbranched alkanes of at least 4 members (excludes halogenated alkanes) is 6. The predicted molar refractivity (Wildman–Crippen MR) is 85.5 cm³/mol. The Morgan fingerprint density at radius 2 is 1.25 bits per heavy atom. The summed E-state index contributed by atoms with van der Waals surface area (Å²) in [7, 11) is 0. The van der Waals surface area contributed by atoms with Crippen LogP contribution in [-0.2, 0) is 4.74 Å². The van der Waals surface area contributed by atoms with E-state index in [0.29, 0.717) is 0 Å². The number of ether oxygens (including phenoxy) is 1. The van der Waals surface area contributed by atoms with E-state index in [1.807, 2.05) is 0 Å². The normalized spacial score (nSPS) is 9.95. The molecule has 1 rings (SSSR count). The maximum Gasteiger partial charge on any atom is 0.123 e. The minimum Gasteiger partial charge on any atom is -0.381 e. The molecule has 0 aliphatic heterocycles. The Hall–Kier alpha value is -0.890. The minimum absolute atomic E-state index is 0.178. The van der Waals surface area contributed by atoms with Crippen molar-refractivity contribution in [3.05, 3.63) is 36.1 Å². The first-order chi connectivity index (χ1) is 9.81. The van der Waals surface area contributed by atoms with Crippen LogP contribution in [0, 0.1) is 5.82 Å². The quantitative estimate of drug-likeness (QED) is 0.479. The molecular weight excluding hydrogens is 251 g/mol. The van der Waals surface area contributed by atoms with Gasteiger partial charge in [-0.3, -0.25) is 0 Å². The fourth-order valence-corrected chi connectivity index (χ4v) is 1.78. The van der Waals surface area contributed by atoms with E-state index in [1.54, 1.807) is 18.2 Å². The van der Waals surface area contributed by atoms with Crippen LogP contribution >= 0.6 is 0 Å². The van der Waals surface area contributed by atoms with Crippen molar-refractivity contribution in [1.82, 2.24) is 0 Å². The first-order valence-corrected chi connectivity index (χ1v) is 8.09. The molecule has 0 fully saturated rings.